The van der Waals surface area contributed by atoms with Gasteiger partial charge in [0.15, 0.2) is 0 Å². The lowest BCUT2D eigenvalue weighted by molar-refractivity contribution is -0.101. The average molecular weight is 491 g/mol. The van der Waals surface area contributed by atoms with Gasteiger partial charge in [0, 0.05) is 29.9 Å². The summed E-state index contributed by atoms with van der Waals surface area (Å²) in [4.78, 5) is 6.67. The maximum Gasteiger partial charge on any atom is 0.0623 e. The molecule has 2 N–H and O–H groups in total. The summed E-state index contributed by atoms with van der Waals surface area (Å²) in [6.45, 7) is 7.48. The Bertz CT molecular complexity index is 1090. The van der Waals surface area contributed by atoms with Gasteiger partial charge in [-0.2, -0.15) is 0 Å². The molecule has 0 spiro atoms. The van der Waals surface area contributed by atoms with E-state index in [0.717, 1.165) is 17.8 Å². The molecule has 0 aliphatic heterocycles. The lowest BCUT2D eigenvalue weighted by Gasteiger charge is -2.67. The predicted octanol–water partition coefficient (Wildman–Crippen LogP) is 7.84. The van der Waals surface area contributed by atoms with Gasteiger partial charge in [-0.15, -0.1) is 18.5 Å². The number of aromatic amines is 2. The second-order valence-electron chi connectivity index (χ2n) is 12.8. The third kappa shape index (κ3) is 3.14. The first-order chi connectivity index (χ1) is 16.2. The zero-order valence-electron chi connectivity index (χ0n) is 20.9. The summed E-state index contributed by atoms with van der Waals surface area (Å²) < 4.78 is 0. The Morgan fingerprint density at radius 3 is 1.62 bits per heavy atom. The summed E-state index contributed by atoms with van der Waals surface area (Å²) in [5.74, 6) is 2.78. The highest BCUT2D eigenvalue weighted by Gasteiger charge is 2.63. The van der Waals surface area contributed by atoms with Crippen LogP contribution >= 0.6 is 18.5 Å². The van der Waals surface area contributed by atoms with Crippen LogP contribution in [0.25, 0.3) is 0 Å². The van der Waals surface area contributed by atoms with E-state index in [0.29, 0.717) is 5.41 Å². The molecule has 180 valence electrons. The lowest BCUT2D eigenvalue weighted by Crippen LogP contribution is -2.59. The first-order valence-corrected chi connectivity index (χ1v) is 14.3. The minimum atomic E-state index is -0.314. The van der Waals surface area contributed by atoms with E-state index >= 15 is 0 Å². The van der Waals surface area contributed by atoms with E-state index < -0.39 is 0 Å². The molecule has 4 aliphatic rings. The van der Waals surface area contributed by atoms with Gasteiger partial charge in [0.1, 0.15) is 0 Å². The van der Waals surface area contributed by atoms with Crippen molar-refractivity contribution in [2.75, 3.05) is 0 Å². The normalized spacial score (nSPS) is 30.4. The molecule has 4 aliphatic carbocycles. The molecule has 0 amide bonds. The maximum atomic E-state index is 3.54. The van der Waals surface area contributed by atoms with Crippen molar-refractivity contribution in [3.63, 3.8) is 0 Å². The quantitative estimate of drug-likeness (QED) is 0.342. The minimum absolute atomic E-state index is 0.00103. The zero-order valence-corrected chi connectivity index (χ0v) is 23.2. The van der Waals surface area contributed by atoms with Crippen molar-refractivity contribution in [3.05, 3.63) is 83.4 Å². The molecule has 4 heteroatoms. The SMILES string of the molecule is CC(C)(C)C(P)(c1ccccc1C(P)(c1cc[nH]c1)c1cc[nH]c1)C12CC3CC(CC(C3)C1)C2. The summed E-state index contributed by atoms with van der Waals surface area (Å²) in [5.41, 5.74) is 5.98. The van der Waals surface area contributed by atoms with Crippen LogP contribution in [0, 0.1) is 28.6 Å². The molecule has 3 aromatic rings. The molecule has 4 saturated carbocycles. The molecule has 34 heavy (non-hydrogen) atoms. The van der Waals surface area contributed by atoms with E-state index in [4.69, 9.17) is 0 Å². The van der Waals surface area contributed by atoms with Crippen LogP contribution < -0.4 is 0 Å². The fourth-order valence-corrected chi connectivity index (χ4v) is 10.1. The van der Waals surface area contributed by atoms with E-state index in [9.17, 15) is 0 Å². The summed E-state index contributed by atoms with van der Waals surface area (Å²) >= 11 is 0. The van der Waals surface area contributed by atoms with Gasteiger partial charge in [-0.25, -0.2) is 0 Å². The van der Waals surface area contributed by atoms with Crippen molar-refractivity contribution in [3.8, 4) is 0 Å². The molecular weight excluding hydrogens is 450 g/mol. The van der Waals surface area contributed by atoms with Crippen LogP contribution in [0.1, 0.15) is 81.5 Å². The standard InChI is InChI=1S/C30H40N2P2/c1-27(2,3)30(34,28-15-20-12-21(16-28)14-22(13-20)17-28)26-7-5-4-6-25(26)29(33,23-8-10-31-18-23)24-9-11-32-19-24/h4-11,18-22,31-32H,12-17,33-34H2,1-3H3. The molecule has 2 heterocycles. The minimum Gasteiger partial charge on any atom is -0.367 e. The van der Waals surface area contributed by atoms with Gasteiger partial charge in [0.05, 0.1) is 5.16 Å². The van der Waals surface area contributed by atoms with E-state index in [2.05, 4.69) is 110 Å². The van der Waals surface area contributed by atoms with Crippen LogP contribution in [0.4, 0.5) is 0 Å². The molecule has 3 atom stereocenters. The number of H-pyrrole nitrogens is 2. The topological polar surface area (TPSA) is 31.6 Å². The molecule has 0 radical (unpaired) electrons. The van der Waals surface area contributed by atoms with Crippen LogP contribution in [0.2, 0.25) is 0 Å². The van der Waals surface area contributed by atoms with Crippen molar-refractivity contribution < 1.29 is 0 Å². The molecule has 0 saturated heterocycles. The lowest BCUT2D eigenvalue weighted by atomic mass is 9.42. The highest BCUT2D eigenvalue weighted by atomic mass is 31.0. The monoisotopic (exact) mass is 490 g/mol. The molecule has 1 aromatic carbocycles. The third-order valence-electron chi connectivity index (χ3n) is 9.94. The largest absolute Gasteiger partial charge is 0.367 e. The van der Waals surface area contributed by atoms with Gasteiger partial charge < -0.3 is 9.97 Å². The molecule has 3 unspecified atom stereocenters. The summed E-state index contributed by atoms with van der Waals surface area (Å²) in [5, 5.41) is -0.313. The van der Waals surface area contributed by atoms with Crippen molar-refractivity contribution in [2.24, 2.45) is 28.6 Å². The van der Waals surface area contributed by atoms with Gasteiger partial charge in [-0.3, -0.25) is 0 Å². The highest BCUT2D eigenvalue weighted by Crippen LogP contribution is 2.73. The summed E-state index contributed by atoms with van der Waals surface area (Å²) in [6.07, 6.45) is 17.1. The maximum absolute atomic E-state index is 3.54. The number of aromatic nitrogens is 2. The van der Waals surface area contributed by atoms with Gasteiger partial charge in [-0.05, 0) is 101 Å². The average Bonchev–Trinajstić information content (AvgIpc) is 3.51. The smallest absolute Gasteiger partial charge is 0.0623 e. The van der Waals surface area contributed by atoms with Crippen molar-refractivity contribution in [1.82, 2.24) is 9.97 Å². The second-order valence-corrected chi connectivity index (χ2v) is 14.5. The third-order valence-corrected chi connectivity index (χ3v) is 12.7. The number of hydrogen-bond acceptors (Lipinski definition) is 0. The van der Waals surface area contributed by atoms with Crippen LogP contribution in [-0.4, -0.2) is 9.97 Å². The van der Waals surface area contributed by atoms with E-state index in [1.165, 1.54) is 60.8 Å². The zero-order chi connectivity index (χ0) is 23.8. The molecule has 4 bridgehead atoms. The van der Waals surface area contributed by atoms with Gasteiger partial charge >= 0.3 is 0 Å². The van der Waals surface area contributed by atoms with Gasteiger partial charge in [-0.1, -0.05) is 45.0 Å². The number of hydrogen-bond donors (Lipinski definition) is 2. The second kappa shape index (κ2) is 7.82. The number of nitrogens with one attached hydrogen (secondary N) is 2. The molecule has 4 fully saturated rings. The van der Waals surface area contributed by atoms with Crippen molar-refractivity contribution in [1.29, 1.82) is 0 Å². The van der Waals surface area contributed by atoms with Gasteiger partial charge in [0.2, 0.25) is 0 Å². The molecular formula is C30H40N2P2. The number of benzene rings is 1. The Kier molecular flexibility index (Phi) is 5.30. The van der Waals surface area contributed by atoms with Crippen LogP contribution in [0.15, 0.2) is 61.2 Å². The van der Waals surface area contributed by atoms with E-state index in [-0.39, 0.29) is 15.7 Å². The molecule has 2 aromatic heterocycles. The summed E-state index contributed by atoms with van der Waals surface area (Å²) in [7, 11) is 6.81. The van der Waals surface area contributed by atoms with Crippen LogP contribution in [0.5, 0.6) is 0 Å². The fourth-order valence-electron chi connectivity index (χ4n) is 8.87. The van der Waals surface area contributed by atoms with E-state index in [1.54, 1.807) is 0 Å². The van der Waals surface area contributed by atoms with Crippen molar-refractivity contribution >= 4 is 18.5 Å². The van der Waals surface area contributed by atoms with E-state index in [1.807, 2.05) is 0 Å². The Morgan fingerprint density at radius 2 is 1.21 bits per heavy atom. The van der Waals surface area contributed by atoms with Crippen LogP contribution in [-0.2, 0) is 10.3 Å². The van der Waals surface area contributed by atoms with Crippen LogP contribution in [0.3, 0.4) is 0 Å². The predicted molar refractivity (Wildman–Crippen MR) is 149 cm³/mol. The fraction of sp³-hybridized carbons (Fsp3) is 0.533. The first-order valence-electron chi connectivity index (χ1n) is 13.1. The molecule has 7 rings (SSSR count). The Hall–Kier alpha value is -1.36. The Labute approximate surface area is 209 Å². The number of rotatable bonds is 5. The first kappa shape index (κ1) is 23.1. The molecule has 2 nitrogen and oxygen atoms in total. The van der Waals surface area contributed by atoms with Crippen molar-refractivity contribution in [2.45, 2.75) is 69.6 Å². The summed E-state index contributed by atoms with van der Waals surface area (Å²) in [6, 6.07) is 13.9. The Balaban J connectivity index is 1.60. The van der Waals surface area contributed by atoms with Gasteiger partial charge in [0.25, 0.3) is 0 Å². The highest BCUT2D eigenvalue weighted by molar-refractivity contribution is 7.19. The Morgan fingerprint density at radius 1 is 0.735 bits per heavy atom.